The molecule has 0 atom stereocenters. The van der Waals surface area contributed by atoms with Crippen LogP contribution in [0.2, 0.25) is 0 Å². The zero-order valence-electron chi connectivity index (χ0n) is 28.9. The Hall–Kier alpha value is -5.60. The third-order valence-electron chi connectivity index (χ3n) is 14.1. The van der Waals surface area contributed by atoms with Crippen molar-refractivity contribution in [3.63, 3.8) is 0 Å². The van der Waals surface area contributed by atoms with Crippen molar-refractivity contribution in [1.29, 1.82) is 0 Å². The fourth-order valence-electron chi connectivity index (χ4n) is 12.3. The maximum atomic E-state index is 6.71. The van der Waals surface area contributed by atoms with Gasteiger partial charge in [-0.1, -0.05) is 97.1 Å². The van der Waals surface area contributed by atoms with E-state index in [9.17, 15) is 0 Å². The lowest BCUT2D eigenvalue weighted by Crippen LogP contribution is -2.55. The van der Waals surface area contributed by atoms with E-state index in [-0.39, 0.29) is 5.41 Å². The molecule has 7 aromatic carbocycles. The van der Waals surface area contributed by atoms with Crippen LogP contribution in [0.3, 0.4) is 0 Å². The SMILES string of the molecule is c1ccc2c(c1)-c1ccc(-c3ccc4c(c3)-c3cccc5c(-c6cccc7c6oc6ccccc67)ccc(c35)O4)cc1C21C2CC3CC(C2)CC1C3. The van der Waals surface area contributed by atoms with Gasteiger partial charge in [0.05, 0.1) is 0 Å². The maximum absolute atomic E-state index is 6.71. The van der Waals surface area contributed by atoms with Gasteiger partial charge in [-0.15, -0.1) is 0 Å². The predicted octanol–water partition coefficient (Wildman–Crippen LogP) is 13.6. The Morgan fingerprint density at radius 1 is 0.442 bits per heavy atom. The second-order valence-electron chi connectivity index (χ2n) is 16.4. The van der Waals surface area contributed by atoms with E-state index in [0.29, 0.717) is 0 Å². The van der Waals surface area contributed by atoms with Crippen LogP contribution in [0.25, 0.3) is 77.2 Å². The van der Waals surface area contributed by atoms with Crippen molar-refractivity contribution < 1.29 is 9.15 Å². The average Bonchev–Trinajstić information content (AvgIpc) is 3.71. The molecule has 4 saturated carbocycles. The molecule has 52 heavy (non-hydrogen) atoms. The standard InChI is InChI=1S/C50H36O2/c1-3-13-43-35(7-1)36-17-15-31(27-44(36)50(43)32-22-28-21-29(24-32)25-33(50)23-28)30-16-19-46-42(26-30)39-10-5-9-38-34(18-20-47(51-46)48(38)39)40-11-6-12-41-37-8-2-4-14-45(37)52-49(40)41/h1-20,26-29,32-33H,21-25H2. The van der Waals surface area contributed by atoms with E-state index in [4.69, 9.17) is 9.15 Å². The zero-order chi connectivity index (χ0) is 33.7. The molecule has 1 aromatic heterocycles. The molecule has 2 nitrogen and oxygen atoms in total. The van der Waals surface area contributed by atoms with Gasteiger partial charge >= 0.3 is 0 Å². The van der Waals surface area contributed by atoms with E-state index < -0.39 is 0 Å². The highest BCUT2D eigenvalue weighted by molar-refractivity contribution is 6.15. The number of ether oxygens (including phenoxy) is 1. The van der Waals surface area contributed by atoms with Crippen LogP contribution in [-0.4, -0.2) is 0 Å². The summed E-state index contributed by atoms with van der Waals surface area (Å²) in [6.07, 6.45) is 7.07. The van der Waals surface area contributed by atoms with Gasteiger partial charge in [-0.2, -0.15) is 0 Å². The first-order valence-electron chi connectivity index (χ1n) is 19.3. The van der Waals surface area contributed by atoms with Crippen molar-refractivity contribution in [2.75, 3.05) is 0 Å². The molecule has 0 radical (unpaired) electrons. The number of para-hydroxylation sites is 2. The van der Waals surface area contributed by atoms with Gasteiger partial charge in [0, 0.05) is 32.7 Å². The lowest BCUT2D eigenvalue weighted by Gasteiger charge is -2.61. The van der Waals surface area contributed by atoms with Gasteiger partial charge in [0.1, 0.15) is 22.7 Å². The Labute approximate surface area is 302 Å². The van der Waals surface area contributed by atoms with Crippen LogP contribution in [0.1, 0.15) is 43.2 Å². The van der Waals surface area contributed by atoms with Crippen molar-refractivity contribution >= 4 is 32.7 Å². The lowest BCUT2D eigenvalue weighted by molar-refractivity contribution is -0.0399. The van der Waals surface area contributed by atoms with Crippen molar-refractivity contribution in [3.8, 4) is 56.0 Å². The first kappa shape index (κ1) is 28.0. The Balaban J connectivity index is 0.967. The summed E-state index contributed by atoms with van der Waals surface area (Å²) in [7, 11) is 0. The maximum Gasteiger partial charge on any atom is 0.143 e. The summed E-state index contributed by atoms with van der Waals surface area (Å²) in [6.45, 7) is 0. The highest BCUT2D eigenvalue weighted by Gasteiger charge is 2.61. The second-order valence-corrected chi connectivity index (χ2v) is 16.4. The molecule has 2 heteroatoms. The fourth-order valence-corrected chi connectivity index (χ4v) is 12.3. The minimum Gasteiger partial charge on any atom is -0.456 e. The quantitative estimate of drug-likeness (QED) is 0.183. The minimum atomic E-state index is 0.163. The van der Waals surface area contributed by atoms with E-state index in [0.717, 1.165) is 79.2 Å². The third kappa shape index (κ3) is 3.46. The van der Waals surface area contributed by atoms with Gasteiger partial charge in [0.15, 0.2) is 0 Å². The van der Waals surface area contributed by atoms with Crippen molar-refractivity contribution in [2.45, 2.75) is 37.5 Å². The van der Waals surface area contributed by atoms with Crippen LogP contribution in [0.15, 0.2) is 138 Å². The van der Waals surface area contributed by atoms with Crippen molar-refractivity contribution in [2.24, 2.45) is 23.7 Å². The highest BCUT2D eigenvalue weighted by atomic mass is 16.5. The lowest BCUT2D eigenvalue weighted by atomic mass is 9.43. The normalized spacial score (nSPS) is 24.4. The number of rotatable bonds is 2. The molecule has 0 N–H and O–H groups in total. The van der Waals surface area contributed by atoms with Crippen LogP contribution >= 0.6 is 0 Å². The van der Waals surface area contributed by atoms with Gasteiger partial charge in [0.2, 0.25) is 0 Å². The summed E-state index contributed by atoms with van der Waals surface area (Å²) in [4.78, 5) is 0. The van der Waals surface area contributed by atoms with Crippen LogP contribution < -0.4 is 4.74 Å². The Morgan fingerprint density at radius 3 is 1.98 bits per heavy atom. The highest BCUT2D eigenvalue weighted by Crippen LogP contribution is 2.69. The van der Waals surface area contributed by atoms with Crippen LogP contribution in [-0.2, 0) is 5.41 Å². The fraction of sp³-hybridized carbons (Fsp3) is 0.200. The van der Waals surface area contributed by atoms with Crippen molar-refractivity contribution in [3.05, 3.63) is 145 Å². The van der Waals surface area contributed by atoms with E-state index >= 15 is 0 Å². The minimum absolute atomic E-state index is 0.163. The van der Waals surface area contributed by atoms with E-state index in [2.05, 4.69) is 127 Å². The molecule has 5 aliphatic carbocycles. The summed E-state index contributed by atoms with van der Waals surface area (Å²) in [5.41, 5.74) is 15.4. The molecule has 1 spiro atoms. The largest absolute Gasteiger partial charge is 0.456 e. The first-order valence-corrected chi connectivity index (χ1v) is 19.3. The number of hydrogen-bond acceptors (Lipinski definition) is 2. The molecule has 8 aromatic rings. The molecular formula is C50H36O2. The van der Waals surface area contributed by atoms with Gasteiger partial charge in [-0.05, 0) is 142 Å². The molecule has 6 aliphatic rings. The Kier molecular flexibility index (Phi) is 5.30. The molecule has 14 rings (SSSR count). The zero-order valence-corrected chi connectivity index (χ0v) is 28.9. The van der Waals surface area contributed by atoms with Gasteiger partial charge in [0.25, 0.3) is 0 Å². The summed E-state index contributed by atoms with van der Waals surface area (Å²) in [6, 6.07) is 49.6. The Morgan fingerprint density at radius 2 is 1.10 bits per heavy atom. The number of hydrogen-bond donors (Lipinski definition) is 0. The molecule has 2 heterocycles. The first-order chi connectivity index (χ1) is 25.7. The molecular weight excluding hydrogens is 633 g/mol. The molecule has 248 valence electrons. The van der Waals surface area contributed by atoms with E-state index in [1.165, 1.54) is 65.3 Å². The molecule has 4 bridgehead atoms. The van der Waals surface area contributed by atoms with Crippen LogP contribution in [0, 0.1) is 23.7 Å². The predicted molar refractivity (Wildman–Crippen MR) is 211 cm³/mol. The Bertz CT molecular complexity index is 2820. The van der Waals surface area contributed by atoms with E-state index in [1.807, 2.05) is 6.07 Å². The van der Waals surface area contributed by atoms with Gasteiger partial charge in [-0.3, -0.25) is 0 Å². The molecule has 0 amide bonds. The molecule has 4 fully saturated rings. The smallest absolute Gasteiger partial charge is 0.143 e. The van der Waals surface area contributed by atoms with Gasteiger partial charge < -0.3 is 9.15 Å². The van der Waals surface area contributed by atoms with Crippen LogP contribution in [0.5, 0.6) is 11.5 Å². The number of benzene rings is 7. The topological polar surface area (TPSA) is 22.4 Å². The summed E-state index contributed by atoms with van der Waals surface area (Å²) in [5, 5.41) is 4.64. The third-order valence-corrected chi connectivity index (χ3v) is 14.1. The molecule has 0 unspecified atom stereocenters. The van der Waals surface area contributed by atoms with E-state index in [1.54, 1.807) is 11.1 Å². The van der Waals surface area contributed by atoms with Gasteiger partial charge in [-0.25, -0.2) is 0 Å². The molecule has 0 saturated heterocycles. The monoisotopic (exact) mass is 668 g/mol. The average molecular weight is 669 g/mol. The van der Waals surface area contributed by atoms with Crippen LogP contribution in [0.4, 0.5) is 0 Å². The number of fused-ring (bicyclic) bond motifs is 8. The second kappa shape index (κ2) is 9.83. The summed E-state index contributed by atoms with van der Waals surface area (Å²) >= 11 is 0. The van der Waals surface area contributed by atoms with Crippen molar-refractivity contribution in [1.82, 2.24) is 0 Å². The number of furan rings is 1. The molecule has 1 aliphatic heterocycles. The summed E-state index contributed by atoms with van der Waals surface area (Å²) in [5.74, 6) is 5.21. The summed E-state index contributed by atoms with van der Waals surface area (Å²) < 4.78 is 13.2.